The number of nitrogens with one attached hydrogen (secondary N) is 1. The molecule has 25 heavy (non-hydrogen) atoms. The number of hydrogen-bond donors (Lipinski definition) is 1. The molecule has 130 valence electrons. The molecule has 0 amide bonds. The summed E-state index contributed by atoms with van der Waals surface area (Å²) >= 11 is 0. The Morgan fingerprint density at radius 3 is 2.64 bits per heavy atom. The molecule has 0 saturated heterocycles. The van der Waals surface area contributed by atoms with E-state index in [1.165, 1.54) is 14.9 Å². The number of rotatable bonds is 5. The van der Waals surface area contributed by atoms with Crippen LogP contribution in [0.1, 0.15) is 29.2 Å². The Morgan fingerprint density at radius 1 is 1.20 bits per heavy atom. The predicted octanol–water partition coefficient (Wildman–Crippen LogP) is 3.06. The summed E-state index contributed by atoms with van der Waals surface area (Å²) in [4.78, 5) is 17.5. The number of hydrogen-bond acceptors (Lipinski definition) is 3. The lowest BCUT2D eigenvalue weighted by atomic mass is 10.1. The lowest BCUT2D eigenvalue weighted by Crippen LogP contribution is -2.40. The Bertz CT molecular complexity index is 975. The minimum atomic E-state index is -0.105. The summed E-state index contributed by atoms with van der Waals surface area (Å²) in [7, 11) is 1.68. The van der Waals surface area contributed by atoms with Crippen LogP contribution in [0.2, 0.25) is 0 Å². The Labute approximate surface area is 146 Å². The molecule has 2 aromatic carbocycles. The van der Waals surface area contributed by atoms with E-state index >= 15 is 0 Å². The molecule has 6 nitrogen and oxygen atoms in total. The third-order valence-electron chi connectivity index (χ3n) is 4.20. The number of aromatic amines is 1. The van der Waals surface area contributed by atoms with E-state index in [0.717, 1.165) is 28.1 Å². The van der Waals surface area contributed by atoms with Gasteiger partial charge in [0.05, 0.1) is 11.4 Å². The molecule has 0 radical (unpaired) electrons. The predicted molar refractivity (Wildman–Crippen MR) is 98.3 cm³/mol. The van der Waals surface area contributed by atoms with Crippen LogP contribution in [0.15, 0.2) is 52.4 Å². The van der Waals surface area contributed by atoms with Gasteiger partial charge >= 0.3 is 5.69 Å². The van der Waals surface area contributed by atoms with Crippen LogP contribution >= 0.6 is 0 Å². The zero-order chi connectivity index (χ0) is 18.0. The van der Waals surface area contributed by atoms with E-state index in [-0.39, 0.29) is 5.69 Å². The van der Waals surface area contributed by atoms with Gasteiger partial charge < -0.3 is 4.84 Å². The average molecular weight is 338 g/mol. The molecule has 0 unspecified atom stereocenters. The zero-order valence-electron chi connectivity index (χ0n) is 14.9. The van der Waals surface area contributed by atoms with Crippen molar-refractivity contribution in [3.63, 3.8) is 0 Å². The van der Waals surface area contributed by atoms with Gasteiger partial charge in [-0.25, -0.2) is 14.7 Å². The first-order valence-electron chi connectivity index (χ1n) is 8.13. The van der Waals surface area contributed by atoms with Crippen LogP contribution in [0.3, 0.4) is 0 Å². The Hall–Kier alpha value is -3.02. The number of H-pyrrole nitrogens is 1. The van der Waals surface area contributed by atoms with E-state index in [4.69, 9.17) is 4.84 Å². The standard InChI is InChI=1S/C19H22N4O2/c1-13-7-5-9-16(11-13)15(3)20-25-12-17-14(2)8-6-10-18(17)23-19(24)22(4)21-23/h5-11,21H,12H2,1-4H3/b20-15+. The number of nitrogens with zero attached hydrogens (tertiary/aromatic N) is 3. The molecule has 0 aliphatic rings. The van der Waals surface area contributed by atoms with Gasteiger partial charge in [-0.2, -0.15) is 4.68 Å². The van der Waals surface area contributed by atoms with Crippen molar-refractivity contribution < 1.29 is 4.84 Å². The van der Waals surface area contributed by atoms with Gasteiger partial charge in [-0.3, -0.25) is 0 Å². The molecular formula is C19H22N4O2. The van der Waals surface area contributed by atoms with Crippen molar-refractivity contribution in [2.75, 3.05) is 0 Å². The van der Waals surface area contributed by atoms with Crippen molar-refractivity contribution in [2.24, 2.45) is 12.2 Å². The Morgan fingerprint density at radius 2 is 1.96 bits per heavy atom. The van der Waals surface area contributed by atoms with Crippen molar-refractivity contribution >= 4 is 5.71 Å². The molecule has 0 saturated carbocycles. The zero-order valence-corrected chi connectivity index (χ0v) is 14.9. The summed E-state index contributed by atoms with van der Waals surface area (Å²) in [5.41, 5.74) is 5.68. The lowest BCUT2D eigenvalue weighted by molar-refractivity contribution is 0.129. The molecule has 3 rings (SSSR count). The van der Waals surface area contributed by atoms with Gasteiger partial charge in [0.25, 0.3) is 0 Å². The summed E-state index contributed by atoms with van der Waals surface area (Å²) in [5, 5.41) is 7.17. The third-order valence-corrected chi connectivity index (χ3v) is 4.20. The topological polar surface area (TPSA) is 64.3 Å². The highest BCUT2D eigenvalue weighted by Crippen LogP contribution is 2.18. The molecule has 0 fully saturated rings. The second-order valence-electron chi connectivity index (χ2n) is 6.17. The fourth-order valence-electron chi connectivity index (χ4n) is 2.70. The van der Waals surface area contributed by atoms with Crippen molar-refractivity contribution in [1.29, 1.82) is 0 Å². The maximum absolute atomic E-state index is 11.9. The molecular weight excluding hydrogens is 316 g/mol. The number of oxime groups is 1. The van der Waals surface area contributed by atoms with E-state index in [0.29, 0.717) is 6.61 Å². The van der Waals surface area contributed by atoms with E-state index in [1.807, 2.05) is 57.2 Å². The highest BCUT2D eigenvalue weighted by molar-refractivity contribution is 5.98. The SMILES string of the molecule is C/C(=N\OCc1c(C)cccc1-n1[nH]n(C)c1=O)c1cccc(C)c1. The first-order chi connectivity index (χ1) is 12.0. The van der Waals surface area contributed by atoms with Gasteiger partial charge in [-0.05, 0) is 38.0 Å². The quantitative estimate of drug-likeness (QED) is 0.574. The van der Waals surface area contributed by atoms with E-state index in [2.05, 4.69) is 16.4 Å². The average Bonchev–Trinajstić information content (AvgIpc) is 2.60. The van der Waals surface area contributed by atoms with Crippen LogP contribution in [0.4, 0.5) is 0 Å². The summed E-state index contributed by atoms with van der Waals surface area (Å²) < 4.78 is 2.93. The van der Waals surface area contributed by atoms with Crippen LogP contribution in [0.25, 0.3) is 5.69 Å². The van der Waals surface area contributed by atoms with Crippen molar-refractivity contribution in [2.45, 2.75) is 27.4 Å². The number of aryl methyl sites for hydroxylation is 3. The van der Waals surface area contributed by atoms with E-state index in [9.17, 15) is 4.79 Å². The van der Waals surface area contributed by atoms with Gasteiger partial charge in [-0.15, -0.1) is 0 Å². The fraction of sp³-hybridized carbons (Fsp3) is 0.263. The molecule has 0 aliphatic heterocycles. The molecule has 0 aliphatic carbocycles. The number of benzene rings is 2. The van der Waals surface area contributed by atoms with Gasteiger partial charge in [0.1, 0.15) is 6.61 Å². The molecule has 1 heterocycles. The second-order valence-corrected chi connectivity index (χ2v) is 6.17. The maximum atomic E-state index is 11.9. The van der Waals surface area contributed by atoms with Gasteiger partial charge in [0, 0.05) is 12.6 Å². The van der Waals surface area contributed by atoms with Gasteiger partial charge in [0.2, 0.25) is 0 Å². The molecule has 3 aromatic rings. The second kappa shape index (κ2) is 6.84. The van der Waals surface area contributed by atoms with Crippen LogP contribution < -0.4 is 5.69 Å². The van der Waals surface area contributed by atoms with Crippen LogP contribution in [0.5, 0.6) is 0 Å². The summed E-state index contributed by atoms with van der Waals surface area (Å²) in [6.07, 6.45) is 0. The molecule has 1 N–H and O–H groups in total. The maximum Gasteiger partial charge on any atom is 0.364 e. The fourth-order valence-corrected chi connectivity index (χ4v) is 2.70. The molecule has 0 atom stereocenters. The largest absolute Gasteiger partial charge is 0.391 e. The minimum absolute atomic E-state index is 0.105. The van der Waals surface area contributed by atoms with E-state index < -0.39 is 0 Å². The minimum Gasteiger partial charge on any atom is -0.391 e. The van der Waals surface area contributed by atoms with Gasteiger partial charge in [-0.1, -0.05) is 47.1 Å². The molecule has 6 heteroatoms. The third kappa shape index (κ3) is 3.42. The van der Waals surface area contributed by atoms with E-state index in [1.54, 1.807) is 7.05 Å². The smallest absolute Gasteiger partial charge is 0.364 e. The summed E-state index contributed by atoms with van der Waals surface area (Å²) in [6.45, 7) is 6.25. The first-order valence-corrected chi connectivity index (χ1v) is 8.13. The summed E-state index contributed by atoms with van der Waals surface area (Å²) in [5.74, 6) is 0. The van der Waals surface area contributed by atoms with Gasteiger partial charge in [0.15, 0.2) is 0 Å². The van der Waals surface area contributed by atoms with Crippen LogP contribution in [0, 0.1) is 13.8 Å². The Kier molecular flexibility index (Phi) is 4.61. The molecule has 0 bridgehead atoms. The number of aromatic nitrogens is 3. The molecule has 0 spiro atoms. The highest BCUT2D eigenvalue weighted by atomic mass is 16.6. The Balaban J connectivity index is 1.81. The highest BCUT2D eigenvalue weighted by Gasteiger charge is 2.13. The summed E-state index contributed by atoms with van der Waals surface area (Å²) in [6, 6.07) is 13.9. The van der Waals surface area contributed by atoms with Crippen molar-refractivity contribution in [1.82, 2.24) is 14.6 Å². The first kappa shape index (κ1) is 16.8. The van der Waals surface area contributed by atoms with Crippen LogP contribution in [-0.4, -0.2) is 20.3 Å². The molecule has 1 aromatic heterocycles. The monoisotopic (exact) mass is 338 g/mol. The van der Waals surface area contributed by atoms with Crippen LogP contribution in [-0.2, 0) is 18.5 Å². The lowest BCUT2D eigenvalue weighted by Gasteiger charge is -2.17. The van der Waals surface area contributed by atoms with Crippen molar-refractivity contribution in [3.05, 3.63) is 75.2 Å². The normalized spacial score (nSPS) is 11.8. The van der Waals surface area contributed by atoms with Crippen molar-refractivity contribution in [3.8, 4) is 5.69 Å².